The molecular weight excluding hydrogens is 206 g/mol. The molecule has 0 aliphatic heterocycles. The molecule has 0 aliphatic carbocycles. The summed E-state index contributed by atoms with van der Waals surface area (Å²) in [6.07, 6.45) is 7.01. The maximum Gasteiger partial charge on any atom is -0.00772 e. The van der Waals surface area contributed by atoms with Crippen LogP contribution in [-0.2, 0) is 25.7 Å². The average Bonchev–Trinajstić information content (AvgIpc) is 2.38. The number of rotatable bonds is 7. The van der Waals surface area contributed by atoms with Crippen LogP contribution in [-0.4, -0.2) is 6.54 Å². The highest BCUT2D eigenvalue weighted by Crippen LogP contribution is 2.22. The van der Waals surface area contributed by atoms with Gasteiger partial charge >= 0.3 is 0 Å². The molecule has 0 fully saturated rings. The van der Waals surface area contributed by atoms with Crippen LogP contribution in [0.4, 0.5) is 0 Å². The van der Waals surface area contributed by atoms with Crippen molar-refractivity contribution in [1.82, 2.24) is 0 Å². The van der Waals surface area contributed by atoms with Crippen LogP contribution in [0.5, 0.6) is 0 Å². The van der Waals surface area contributed by atoms with E-state index in [1.807, 2.05) is 0 Å². The van der Waals surface area contributed by atoms with Crippen LogP contribution in [0.25, 0.3) is 0 Å². The lowest BCUT2D eigenvalue weighted by molar-refractivity contribution is 0.734. The van der Waals surface area contributed by atoms with Gasteiger partial charge in [0.25, 0.3) is 0 Å². The fourth-order valence-corrected chi connectivity index (χ4v) is 2.47. The maximum absolute atomic E-state index is 5.58. The van der Waals surface area contributed by atoms with Crippen molar-refractivity contribution in [2.75, 3.05) is 6.54 Å². The smallest absolute Gasteiger partial charge is 0.00772 e. The second-order valence-corrected chi connectivity index (χ2v) is 4.70. The van der Waals surface area contributed by atoms with Crippen LogP contribution in [0.15, 0.2) is 12.1 Å². The molecule has 96 valence electrons. The third-order valence-corrected chi connectivity index (χ3v) is 3.55. The lowest BCUT2D eigenvalue weighted by Crippen LogP contribution is -2.04. The quantitative estimate of drug-likeness (QED) is 0.715. The Labute approximate surface area is 106 Å². The van der Waals surface area contributed by atoms with E-state index in [0.717, 1.165) is 32.2 Å². The molecule has 0 radical (unpaired) electrons. The van der Waals surface area contributed by atoms with Gasteiger partial charge in [0.2, 0.25) is 0 Å². The summed E-state index contributed by atoms with van der Waals surface area (Å²) in [4.78, 5) is 0. The number of hydrogen-bond acceptors (Lipinski definition) is 1. The van der Waals surface area contributed by atoms with Crippen LogP contribution in [0.3, 0.4) is 0 Å². The van der Waals surface area contributed by atoms with Gasteiger partial charge in [-0.3, -0.25) is 0 Å². The minimum atomic E-state index is 0.815. The summed E-state index contributed by atoms with van der Waals surface area (Å²) in [5.41, 5.74) is 11.8. The van der Waals surface area contributed by atoms with Crippen molar-refractivity contribution in [2.24, 2.45) is 5.73 Å². The Balaban J connectivity index is 2.98. The predicted octanol–water partition coefficient (Wildman–Crippen LogP) is 3.66. The van der Waals surface area contributed by atoms with Crippen molar-refractivity contribution in [3.8, 4) is 0 Å². The van der Waals surface area contributed by atoms with Gasteiger partial charge in [-0.15, -0.1) is 0 Å². The van der Waals surface area contributed by atoms with Gasteiger partial charge in [0, 0.05) is 0 Å². The van der Waals surface area contributed by atoms with E-state index in [1.165, 1.54) is 18.4 Å². The topological polar surface area (TPSA) is 26.0 Å². The first-order valence-corrected chi connectivity index (χ1v) is 7.10. The molecule has 0 bridgehead atoms. The molecule has 1 nitrogen and oxygen atoms in total. The monoisotopic (exact) mass is 233 g/mol. The number of hydrogen-bond donors (Lipinski definition) is 1. The minimum Gasteiger partial charge on any atom is -0.330 e. The largest absolute Gasteiger partial charge is 0.330 e. The molecule has 2 N–H and O–H groups in total. The predicted molar refractivity (Wildman–Crippen MR) is 76.6 cm³/mol. The highest BCUT2D eigenvalue weighted by molar-refractivity contribution is 5.39. The summed E-state index contributed by atoms with van der Waals surface area (Å²) in [5, 5.41) is 0. The van der Waals surface area contributed by atoms with Gasteiger partial charge in [-0.2, -0.15) is 0 Å². The zero-order valence-electron chi connectivity index (χ0n) is 11.7. The van der Waals surface area contributed by atoms with Crippen LogP contribution in [0.2, 0.25) is 0 Å². The van der Waals surface area contributed by atoms with E-state index in [1.54, 1.807) is 16.7 Å². The lowest BCUT2D eigenvalue weighted by Gasteiger charge is -2.15. The first-order valence-electron chi connectivity index (χ1n) is 7.10. The zero-order chi connectivity index (χ0) is 12.7. The number of nitrogens with two attached hydrogens (primary N) is 1. The zero-order valence-corrected chi connectivity index (χ0v) is 11.7. The van der Waals surface area contributed by atoms with E-state index in [9.17, 15) is 0 Å². The molecule has 0 spiro atoms. The molecule has 17 heavy (non-hydrogen) atoms. The van der Waals surface area contributed by atoms with Crippen LogP contribution in [0, 0.1) is 0 Å². The third-order valence-electron chi connectivity index (χ3n) is 3.55. The molecule has 0 heterocycles. The fraction of sp³-hybridized carbons (Fsp3) is 0.625. The average molecular weight is 233 g/mol. The first kappa shape index (κ1) is 14.2. The standard InChI is InChI=1S/C16H27N/c1-4-13-11-14(5-2)16(9-7-8-10-17)15(6-3)12-13/h11-12H,4-10,17H2,1-3H3. The van der Waals surface area contributed by atoms with Gasteiger partial charge in [0.05, 0.1) is 0 Å². The summed E-state index contributed by atoms with van der Waals surface area (Å²) in [6.45, 7) is 7.58. The lowest BCUT2D eigenvalue weighted by atomic mass is 9.90. The Kier molecular flexibility index (Phi) is 6.28. The fourth-order valence-electron chi connectivity index (χ4n) is 2.47. The highest BCUT2D eigenvalue weighted by atomic mass is 14.5. The molecule has 0 unspecified atom stereocenters. The molecule has 1 aromatic carbocycles. The van der Waals surface area contributed by atoms with Crippen LogP contribution < -0.4 is 5.73 Å². The highest BCUT2D eigenvalue weighted by Gasteiger charge is 2.08. The van der Waals surface area contributed by atoms with Crippen molar-refractivity contribution in [1.29, 1.82) is 0 Å². The van der Waals surface area contributed by atoms with E-state index in [-0.39, 0.29) is 0 Å². The summed E-state index contributed by atoms with van der Waals surface area (Å²) in [7, 11) is 0. The van der Waals surface area contributed by atoms with Gasteiger partial charge in [-0.05, 0) is 67.3 Å². The number of benzene rings is 1. The second-order valence-electron chi connectivity index (χ2n) is 4.70. The van der Waals surface area contributed by atoms with E-state index in [0.29, 0.717) is 0 Å². The van der Waals surface area contributed by atoms with Gasteiger partial charge in [0.1, 0.15) is 0 Å². The van der Waals surface area contributed by atoms with Crippen LogP contribution >= 0.6 is 0 Å². The summed E-state index contributed by atoms with van der Waals surface area (Å²) in [6, 6.07) is 4.80. The van der Waals surface area contributed by atoms with Crippen molar-refractivity contribution in [3.05, 3.63) is 34.4 Å². The Morgan fingerprint density at radius 2 is 1.47 bits per heavy atom. The molecule has 0 saturated carbocycles. The Morgan fingerprint density at radius 1 is 0.882 bits per heavy atom. The normalized spacial score (nSPS) is 10.8. The van der Waals surface area contributed by atoms with Crippen molar-refractivity contribution >= 4 is 0 Å². The second kappa shape index (κ2) is 7.50. The van der Waals surface area contributed by atoms with Gasteiger partial charge in [-0.25, -0.2) is 0 Å². The molecular formula is C16H27N. The summed E-state index contributed by atoms with van der Waals surface area (Å²) in [5.74, 6) is 0. The molecule has 1 aromatic rings. The maximum atomic E-state index is 5.58. The van der Waals surface area contributed by atoms with E-state index < -0.39 is 0 Å². The first-order chi connectivity index (χ1) is 8.26. The number of aryl methyl sites for hydroxylation is 3. The van der Waals surface area contributed by atoms with Crippen molar-refractivity contribution < 1.29 is 0 Å². The van der Waals surface area contributed by atoms with E-state index >= 15 is 0 Å². The molecule has 1 heteroatoms. The Morgan fingerprint density at radius 3 is 1.88 bits per heavy atom. The molecule has 0 atom stereocenters. The Hall–Kier alpha value is -0.820. The van der Waals surface area contributed by atoms with Crippen LogP contribution in [0.1, 0.15) is 55.9 Å². The minimum absolute atomic E-state index is 0.815. The van der Waals surface area contributed by atoms with Gasteiger partial charge in [-0.1, -0.05) is 32.9 Å². The summed E-state index contributed by atoms with van der Waals surface area (Å²) < 4.78 is 0. The van der Waals surface area contributed by atoms with E-state index in [2.05, 4.69) is 32.9 Å². The molecule has 1 rings (SSSR count). The Bertz CT molecular complexity index is 316. The molecule has 0 aliphatic rings. The number of unbranched alkanes of at least 4 members (excludes halogenated alkanes) is 1. The van der Waals surface area contributed by atoms with Crippen molar-refractivity contribution in [3.63, 3.8) is 0 Å². The van der Waals surface area contributed by atoms with Gasteiger partial charge in [0.15, 0.2) is 0 Å². The van der Waals surface area contributed by atoms with E-state index in [4.69, 9.17) is 5.73 Å². The van der Waals surface area contributed by atoms with Gasteiger partial charge < -0.3 is 5.73 Å². The molecule has 0 amide bonds. The molecule has 0 aromatic heterocycles. The third kappa shape index (κ3) is 3.85. The van der Waals surface area contributed by atoms with Crippen molar-refractivity contribution in [2.45, 2.75) is 59.3 Å². The molecule has 0 saturated heterocycles. The SMILES string of the molecule is CCc1cc(CC)c(CCCCN)c(CC)c1. The summed E-state index contributed by atoms with van der Waals surface area (Å²) >= 11 is 0.